The Bertz CT molecular complexity index is 444. The van der Waals surface area contributed by atoms with Gasteiger partial charge in [-0.25, -0.2) is 4.39 Å². The van der Waals surface area contributed by atoms with Crippen molar-refractivity contribution < 1.29 is 9.13 Å². The third kappa shape index (κ3) is 2.00. The van der Waals surface area contributed by atoms with Crippen LogP contribution in [-0.4, -0.2) is 7.11 Å². The highest BCUT2D eigenvalue weighted by atomic mass is 19.1. The number of hydrogen-bond donors (Lipinski definition) is 0. The summed E-state index contributed by atoms with van der Waals surface area (Å²) in [7, 11) is 1.52. The molecule has 0 unspecified atom stereocenters. The highest BCUT2D eigenvalue weighted by Gasteiger charge is 2.38. The van der Waals surface area contributed by atoms with Gasteiger partial charge in [0.2, 0.25) is 0 Å². The second-order valence-corrected chi connectivity index (χ2v) is 4.57. The van der Waals surface area contributed by atoms with Crippen LogP contribution in [0.3, 0.4) is 0 Å². The van der Waals surface area contributed by atoms with Crippen LogP contribution in [0.15, 0.2) is 18.2 Å². The molecule has 0 heterocycles. The molecule has 1 aliphatic rings. The van der Waals surface area contributed by atoms with Gasteiger partial charge in [-0.3, -0.25) is 0 Å². The highest BCUT2D eigenvalue weighted by Crippen LogP contribution is 2.43. The van der Waals surface area contributed by atoms with E-state index in [4.69, 9.17) is 4.74 Å². The van der Waals surface area contributed by atoms with Crippen molar-refractivity contribution in [2.45, 2.75) is 37.5 Å². The molecule has 1 aliphatic carbocycles. The molecule has 0 radical (unpaired) electrons. The predicted molar refractivity (Wildman–Crippen MR) is 63.3 cm³/mol. The van der Waals surface area contributed by atoms with E-state index in [1.807, 2.05) is 0 Å². The molecule has 1 aromatic rings. The average Bonchev–Trinajstić information content (AvgIpc) is 2.39. The maximum Gasteiger partial charge on any atom is 0.131 e. The number of hydrogen-bond acceptors (Lipinski definition) is 2. The number of rotatable bonds is 2. The fraction of sp³-hybridized carbons (Fsp3) is 0.500. The van der Waals surface area contributed by atoms with Crippen molar-refractivity contribution in [2.75, 3.05) is 7.11 Å². The van der Waals surface area contributed by atoms with Gasteiger partial charge in [0.25, 0.3) is 0 Å². The van der Waals surface area contributed by atoms with Crippen LogP contribution in [0.25, 0.3) is 0 Å². The lowest BCUT2D eigenvalue weighted by Crippen LogP contribution is -2.29. The molecule has 17 heavy (non-hydrogen) atoms. The molecule has 0 aromatic heterocycles. The minimum absolute atomic E-state index is 0.326. The zero-order valence-corrected chi connectivity index (χ0v) is 10.0. The SMILES string of the molecule is COc1cccc(F)c1C1(C#N)CCCCC1. The van der Waals surface area contributed by atoms with Gasteiger partial charge in [-0.2, -0.15) is 5.26 Å². The first-order valence-electron chi connectivity index (χ1n) is 5.98. The normalized spacial score (nSPS) is 18.4. The van der Waals surface area contributed by atoms with E-state index in [9.17, 15) is 9.65 Å². The summed E-state index contributed by atoms with van der Waals surface area (Å²) in [5.41, 5.74) is -0.251. The minimum atomic E-state index is -0.699. The Morgan fingerprint density at radius 1 is 1.29 bits per heavy atom. The van der Waals surface area contributed by atoms with E-state index in [2.05, 4.69) is 6.07 Å². The number of nitrogens with zero attached hydrogens (tertiary/aromatic N) is 1. The molecule has 0 bridgehead atoms. The number of nitriles is 1. The molecule has 0 atom stereocenters. The van der Waals surface area contributed by atoms with Crippen LogP contribution in [0.4, 0.5) is 4.39 Å². The summed E-state index contributed by atoms with van der Waals surface area (Å²) in [6.07, 6.45) is 4.53. The van der Waals surface area contributed by atoms with Gasteiger partial charge < -0.3 is 4.74 Å². The van der Waals surface area contributed by atoms with Crippen LogP contribution in [-0.2, 0) is 5.41 Å². The van der Waals surface area contributed by atoms with Crippen molar-refractivity contribution in [3.63, 3.8) is 0 Å². The van der Waals surface area contributed by atoms with E-state index in [-0.39, 0.29) is 5.82 Å². The zero-order valence-electron chi connectivity index (χ0n) is 10.0. The summed E-state index contributed by atoms with van der Waals surface area (Å²) in [6.45, 7) is 0. The number of methoxy groups -OCH3 is 1. The van der Waals surface area contributed by atoms with E-state index in [1.165, 1.54) is 13.2 Å². The first-order chi connectivity index (χ1) is 8.23. The van der Waals surface area contributed by atoms with Crippen LogP contribution in [0.2, 0.25) is 0 Å². The maximum absolute atomic E-state index is 14.0. The van der Waals surface area contributed by atoms with Crippen LogP contribution >= 0.6 is 0 Å². The molecule has 1 fully saturated rings. The summed E-state index contributed by atoms with van der Waals surface area (Å²) >= 11 is 0. The topological polar surface area (TPSA) is 33.0 Å². The third-order valence-electron chi connectivity index (χ3n) is 3.59. The van der Waals surface area contributed by atoms with Crippen molar-refractivity contribution in [1.82, 2.24) is 0 Å². The first-order valence-corrected chi connectivity index (χ1v) is 5.98. The summed E-state index contributed by atoms with van der Waals surface area (Å²) in [6, 6.07) is 7.08. The van der Waals surface area contributed by atoms with E-state index >= 15 is 0 Å². The fourth-order valence-electron chi connectivity index (χ4n) is 2.71. The number of halogens is 1. The Morgan fingerprint density at radius 2 is 2.00 bits per heavy atom. The zero-order chi connectivity index (χ0) is 12.3. The highest BCUT2D eigenvalue weighted by molar-refractivity contribution is 5.45. The van der Waals surface area contributed by atoms with Gasteiger partial charge in [0, 0.05) is 0 Å². The van der Waals surface area contributed by atoms with Crippen LogP contribution in [0.1, 0.15) is 37.7 Å². The minimum Gasteiger partial charge on any atom is -0.496 e. The van der Waals surface area contributed by atoms with E-state index in [1.54, 1.807) is 12.1 Å². The molecule has 0 amide bonds. The van der Waals surface area contributed by atoms with E-state index in [0.717, 1.165) is 32.1 Å². The Hall–Kier alpha value is -1.56. The summed E-state index contributed by atoms with van der Waals surface area (Å²) in [5, 5.41) is 9.47. The van der Waals surface area contributed by atoms with Gasteiger partial charge >= 0.3 is 0 Å². The van der Waals surface area contributed by atoms with E-state index in [0.29, 0.717) is 11.3 Å². The molecule has 2 rings (SSSR count). The monoisotopic (exact) mass is 233 g/mol. The lowest BCUT2D eigenvalue weighted by Gasteiger charge is -2.32. The van der Waals surface area contributed by atoms with Crippen molar-refractivity contribution in [3.05, 3.63) is 29.6 Å². The number of benzene rings is 1. The quantitative estimate of drug-likeness (QED) is 0.782. The molecule has 0 spiro atoms. The van der Waals surface area contributed by atoms with Gasteiger partial charge in [0.1, 0.15) is 11.6 Å². The molecular formula is C14H16FNO. The van der Waals surface area contributed by atoms with Gasteiger partial charge in [-0.15, -0.1) is 0 Å². The van der Waals surface area contributed by atoms with Gasteiger partial charge in [-0.1, -0.05) is 25.3 Å². The van der Waals surface area contributed by atoms with Crippen molar-refractivity contribution in [1.29, 1.82) is 5.26 Å². The number of ether oxygens (including phenoxy) is 1. The summed E-state index contributed by atoms with van der Waals surface area (Å²) in [4.78, 5) is 0. The second kappa shape index (κ2) is 4.75. The van der Waals surface area contributed by atoms with Gasteiger partial charge in [-0.05, 0) is 25.0 Å². The third-order valence-corrected chi connectivity index (χ3v) is 3.59. The van der Waals surface area contributed by atoms with Gasteiger partial charge in [0.05, 0.1) is 24.2 Å². The Kier molecular flexibility index (Phi) is 3.33. The molecule has 2 nitrogen and oxygen atoms in total. The van der Waals surface area contributed by atoms with Crippen molar-refractivity contribution >= 4 is 0 Å². The maximum atomic E-state index is 14.0. The molecule has 0 aliphatic heterocycles. The lowest BCUT2D eigenvalue weighted by atomic mass is 9.70. The van der Waals surface area contributed by atoms with Crippen molar-refractivity contribution in [3.8, 4) is 11.8 Å². The summed E-state index contributed by atoms with van der Waals surface area (Å²) in [5.74, 6) is 0.168. The van der Waals surface area contributed by atoms with E-state index < -0.39 is 5.41 Å². The smallest absolute Gasteiger partial charge is 0.131 e. The lowest BCUT2D eigenvalue weighted by molar-refractivity contribution is 0.330. The van der Waals surface area contributed by atoms with Crippen LogP contribution < -0.4 is 4.74 Å². The molecule has 0 saturated heterocycles. The van der Waals surface area contributed by atoms with Gasteiger partial charge in [0.15, 0.2) is 0 Å². The van der Waals surface area contributed by atoms with Crippen LogP contribution in [0.5, 0.6) is 5.75 Å². The fourth-order valence-corrected chi connectivity index (χ4v) is 2.71. The predicted octanol–water partition coefficient (Wildman–Crippen LogP) is 3.56. The standard InChI is InChI=1S/C14H16FNO/c1-17-12-7-5-6-11(15)13(12)14(10-16)8-3-2-4-9-14/h5-7H,2-4,8-9H2,1H3. The molecule has 3 heteroatoms. The Balaban J connectivity index is 2.54. The van der Waals surface area contributed by atoms with Crippen molar-refractivity contribution in [2.24, 2.45) is 0 Å². The van der Waals surface area contributed by atoms with Crippen LogP contribution in [0, 0.1) is 17.1 Å². The molecular weight excluding hydrogens is 217 g/mol. The summed E-state index contributed by atoms with van der Waals surface area (Å²) < 4.78 is 19.2. The molecule has 1 aromatic carbocycles. The second-order valence-electron chi connectivity index (χ2n) is 4.57. The molecule has 90 valence electrons. The molecule has 0 N–H and O–H groups in total. The average molecular weight is 233 g/mol. The molecule has 1 saturated carbocycles. The largest absolute Gasteiger partial charge is 0.496 e. The Morgan fingerprint density at radius 3 is 2.59 bits per heavy atom. The first kappa shape index (κ1) is 11.9. The Labute approximate surface area is 101 Å².